The molecule has 0 spiro atoms. The van der Waals surface area contributed by atoms with Crippen LogP contribution in [-0.4, -0.2) is 41.6 Å². The zero-order valence-corrected chi connectivity index (χ0v) is 15.9. The second-order valence-corrected chi connectivity index (χ2v) is 7.24. The van der Waals surface area contributed by atoms with Crippen LogP contribution in [0.1, 0.15) is 39.1 Å². The SMILES string of the molecule is CN(Cc1ccccc1F)c1cc2c(cc1F)C(=O)N(C1CCC(=O)NC1=O)C2=O. The quantitative estimate of drug-likeness (QED) is 0.775. The molecule has 2 aromatic rings. The van der Waals surface area contributed by atoms with Crippen molar-refractivity contribution >= 4 is 29.3 Å². The van der Waals surface area contributed by atoms with Crippen molar-refractivity contribution in [3.63, 3.8) is 0 Å². The molecule has 7 nitrogen and oxygen atoms in total. The lowest BCUT2D eigenvalue weighted by atomic mass is 10.0. The van der Waals surface area contributed by atoms with Gasteiger partial charge >= 0.3 is 0 Å². The van der Waals surface area contributed by atoms with Gasteiger partial charge in [-0.2, -0.15) is 0 Å². The highest BCUT2D eigenvalue weighted by atomic mass is 19.1. The Bertz CT molecular complexity index is 1100. The molecule has 2 aliphatic rings. The van der Waals surface area contributed by atoms with Crippen LogP contribution in [-0.2, 0) is 16.1 Å². The standard InChI is InChI=1S/C21H17F2N3O4/c1-25(10-11-4-2-3-5-14(11)22)17-9-13-12(8-15(17)23)20(29)26(21(13)30)16-6-7-18(27)24-19(16)28/h2-5,8-9,16H,6-7,10H2,1H3,(H,24,27,28). The summed E-state index contributed by atoms with van der Waals surface area (Å²) in [5.74, 6) is -3.93. The lowest BCUT2D eigenvalue weighted by Gasteiger charge is -2.27. The number of nitrogens with one attached hydrogen (secondary N) is 1. The van der Waals surface area contributed by atoms with Gasteiger partial charge in [0.25, 0.3) is 11.8 Å². The topological polar surface area (TPSA) is 86.8 Å². The van der Waals surface area contributed by atoms with Crippen LogP contribution in [0, 0.1) is 11.6 Å². The summed E-state index contributed by atoms with van der Waals surface area (Å²) >= 11 is 0. The van der Waals surface area contributed by atoms with Crippen LogP contribution in [0.4, 0.5) is 14.5 Å². The Morgan fingerprint density at radius 3 is 2.37 bits per heavy atom. The summed E-state index contributed by atoms with van der Waals surface area (Å²) in [7, 11) is 1.54. The normalized spacial score (nSPS) is 18.5. The molecule has 0 aromatic heterocycles. The van der Waals surface area contributed by atoms with Gasteiger partial charge in [-0.1, -0.05) is 18.2 Å². The summed E-state index contributed by atoms with van der Waals surface area (Å²) in [6.07, 6.45) is 0.00740. The van der Waals surface area contributed by atoms with E-state index in [2.05, 4.69) is 5.32 Å². The number of carbonyl (C=O) groups excluding carboxylic acids is 4. The summed E-state index contributed by atoms with van der Waals surface area (Å²) in [6, 6.07) is 7.12. The van der Waals surface area contributed by atoms with Gasteiger partial charge in [0.15, 0.2) is 0 Å². The molecule has 4 amide bonds. The number of nitrogens with zero attached hydrogens (tertiary/aromatic N) is 2. The van der Waals surface area contributed by atoms with E-state index in [1.807, 2.05) is 0 Å². The molecule has 30 heavy (non-hydrogen) atoms. The number of halogens is 2. The van der Waals surface area contributed by atoms with E-state index in [4.69, 9.17) is 0 Å². The number of anilines is 1. The molecule has 0 radical (unpaired) electrons. The first kappa shape index (κ1) is 19.7. The summed E-state index contributed by atoms with van der Waals surface area (Å²) < 4.78 is 28.7. The number of rotatable bonds is 4. The smallest absolute Gasteiger partial charge is 0.262 e. The fourth-order valence-corrected chi connectivity index (χ4v) is 3.74. The highest BCUT2D eigenvalue weighted by Crippen LogP contribution is 2.32. The van der Waals surface area contributed by atoms with Crippen molar-refractivity contribution in [2.24, 2.45) is 0 Å². The van der Waals surface area contributed by atoms with Gasteiger partial charge in [-0.3, -0.25) is 29.4 Å². The maximum atomic E-state index is 14.8. The van der Waals surface area contributed by atoms with Crippen LogP contribution in [0.15, 0.2) is 36.4 Å². The molecule has 154 valence electrons. The zero-order valence-electron chi connectivity index (χ0n) is 15.9. The summed E-state index contributed by atoms with van der Waals surface area (Å²) in [6.45, 7) is 0.0430. The predicted molar refractivity (Wildman–Crippen MR) is 102 cm³/mol. The number of piperidine rings is 1. The van der Waals surface area contributed by atoms with Gasteiger partial charge in [0.05, 0.1) is 16.8 Å². The fraction of sp³-hybridized carbons (Fsp3) is 0.238. The Morgan fingerprint density at radius 1 is 1.03 bits per heavy atom. The summed E-state index contributed by atoms with van der Waals surface area (Å²) in [4.78, 5) is 51.3. The third-order valence-corrected chi connectivity index (χ3v) is 5.28. The largest absolute Gasteiger partial charge is 0.368 e. The van der Waals surface area contributed by atoms with Crippen LogP contribution in [0.5, 0.6) is 0 Å². The first-order valence-corrected chi connectivity index (χ1v) is 9.27. The van der Waals surface area contributed by atoms with Gasteiger partial charge in [0.2, 0.25) is 11.8 Å². The van der Waals surface area contributed by atoms with Gasteiger partial charge in [0, 0.05) is 25.6 Å². The van der Waals surface area contributed by atoms with Gasteiger partial charge in [-0.25, -0.2) is 8.78 Å². The average molecular weight is 413 g/mol. The first-order chi connectivity index (χ1) is 14.3. The van der Waals surface area contributed by atoms with E-state index in [9.17, 15) is 28.0 Å². The van der Waals surface area contributed by atoms with E-state index >= 15 is 0 Å². The minimum Gasteiger partial charge on any atom is -0.368 e. The molecule has 0 aliphatic carbocycles. The maximum Gasteiger partial charge on any atom is 0.262 e. The molecule has 1 atom stereocenters. The van der Waals surface area contributed by atoms with Crippen molar-refractivity contribution in [2.45, 2.75) is 25.4 Å². The highest BCUT2D eigenvalue weighted by molar-refractivity contribution is 6.23. The molecule has 0 saturated carbocycles. The van der Waals surface area contributed by atoms with Crippen LogP contribution in [0.2, 0.25) is 0 Å². The molecule has 1 fully saturated rings. The second kappa shape index (κ2) is 7.33. The molecule has 0 bridgehead atoms. The molecule has 2 aromatic carbocycles. The number of imide groups is 2. The molecule has 1 saturated heterocycles. The minimum atomic E-state index is -1.13. The van der Waals surface area contributed by atoms with Gasteiger partial charge in [-0.05, 0) is 24.6 Å². The van der Waals surface area contributed by atoms with Gasteiger partial charge < -0.3 is 4.90 Å². The van der Waals surface area contributed by atoms with E-state index < -0.39 is 41.3 Å². The van der Waals surface area contributed by atoms with Crippen molar-refractivity contribution in [1.29, 1.82) is 0 Å². The first-order valence-electron chi connectivity index (χ1n) is 9.27. The Morgan fingerprint density at radius 2 is 1.70 bits per heavy atom. The Labute approximate surface area is 170 Å². The maximum absolute atomic E-state index is 14.8. The lowest BCUT2D eigenvalue weighted by molar-refractivity contribution is -0.136. The summed E-state index contributed by atoms with van der Waals surface area (Å²) in [5.41, 5.74) is 0.169. The Hall–Kier alpha value is -3.62. The molecule has 4 rings (SSSR count). The second-order valence-electron chi connectivity index (χ2n) is 7.24. The Balaban J connectivity index is 1.64. The molecule has 2 aliphatic heterocycles. The van der Waals surface area contributed by atoms with E-state index in [0.29, 0.717) is 5.56 Å². The average Bonchev–Trinajstić information content (AvgIpc) is 2.93. The number of hydrogen-bond donors (Lipinski definition) is 1. The molecule has 9 heteroatoms. The predicted octanol–water partition coefficient (Wildman–Crippen LogP) is 2.00. The van der Waals surface area contributed by atoms with E-state index in [1.54, 1.807) is 18.2 Å². The minimum absolute atomic E-state index is 0.00516. The number of benzene rings is 2. The van der Waals surface area contributed by atoms with Crippen molar-refractivity contribution in [1.82, 2.24) is 10.2 Å². The van der Waals surface area contributed by atoms with Crippen molar-refractivity contribution < 1.29 is 28.0 Å². The number of hydrogen-bond acceptors (Lipinski definition) is 5. The van der Waals surface area contributed by atoms with Crippen LogP contribution in [0.3, 0.4) is 0 Å². The van der Waals surface area contributed by atoms with Crippen LogP contribution >= 0.6 is 0 Å². The summed E-state index contributed by atoms with van der Waals surface area (Å²) in [5, 5.41) is 2.11. The highest BCUT2D eigenvalue weighted by Gasteiger charge is 2.45. The monoisotopic (exact) mass is 413 g/mol. The zero-order chi connectivity index (χ0) is 21.6. The Kier molecular flexibility index (Phi) is 4.81. The number of amides is 4. The third-order valence-electron chi connectivity index (χ3n) is 5.28. The molecule has 2 heterocycles. The molecule has 1 unspecified atom stereocenters. The van der Waals surface area contributed by atoms with E-state index in [-0.39, 0.29) is 36.2 Å². The van der Waals surface area contributed by atoms with Gasteiger partial charge in [-0.15, -0.1) is 0 Å². The van der Waals surface area contributed by atoms with Gasteiger partial charge in [0.1, 0.15) is 17.7 Å². The van der Waals surface area contributed by atoms with Crippen molar-refractivity contribution in [2.75, 3.05) is 11.9 Å². The number of carbonyl (C=O) groups is 4. The van der Waals surface area contributed by atoms with Crippen molar-refractivity contribution in [3.05, 3.63) is 64.7 Å². The van der Waals surface area contributed by atoms with Crippen LogP contribution in [0.25, 0.3) is 0 Å². The lowest BCUT2D eigenvalue weighted by Crippen LogP contribution is -2.54. The van der Waals surface area contributed by atoms with E-state index in [1.165, 1.54) is 24.1 Å². The fourth-order valence-electron chi connectivity index (χ4n) is 3.74. The number of fused-ring (bicyclic) bond motifs is 1. The molecular weight excluding hydrogens is 396 g/mol. The van der Waals surface area contributed by atoms with Crippen LogP contribution < -0.4 is 10.2 Å². The molecule has 1 N–H and O–H groups in total. The van der Waals surface area contributed by atoms with E-state index in [0.717, 1.165) is 11.0 Å². The van der Waals surface area contributed by atoms with Crippen molar-refractivity contribution in [3.8, 4) is 0 Å². The third kappa shape index (κ3) is 3.22. The molecular formula is C21H17F2N3O4.